The first kappa shape index (κ1) is 17.5. The Morgan fingerprint density at radius 3 is 2.68 bits per heavy atom. The number of carbonyl (C=O) groups is 1. The fourth-order valence-electron chi connectivity index (χ4n) is 2.18. The predicted molar refractivity (Wildman–Crippen MR) is 83.6 cm³/mol. The molecule has 0 unspecified atom stereocenters. The number of nitriles is 2. The van der Waals surface area contributed by atoms with Gasteiger partial charge >= 0.3 is 5.97 Å². The summed E-state index contributed by atoms with van der Waals surface area (Å²) in [5.41, 5.74) is 2.83. The fourth-order valence-corrected chi connectivity index (χ4v) is 2.18. The molecule has 1 aromatic rings. The van der Waals surface area contributed by atoms with Gasteiger partial charge in [0.2, 0.25) is 0 Å². The number of unbranched alkanes of at least 4 members (excludes halogenated alkanes) is 1. The highest BCUT2D eigenvalue weighted by Crippen LogP contribution is 2.19. The molecule has 0 aliphatic heterocycles. The van der Waals surface area contributed by atoms with Gasteiger partial charge in [-0.25, -0.2) is 4.79 Å². The Bertz CT molecular complexity index is 657. The summed E-state index contributed by atoms with van der Waals surface area (Å²) in [6, 6.07) is 5.60. The Morgan fingerprint density at radius 2 is 2.14 bits per heavy atom. The lowest BCUT2D eigenvalue weighted by atomic mass is 10.1. The molecule has 0 bridgehead atoms. The van der Waals surface area contributed by atoms with Crippen LogP contribution in [0, 0.1) is 36.5 Å². The Hall–Kier alpha value is -2.53. The van der Waals surface area contributed by atoms with Gasteiger partial charge in [0.05, 0.1) is 0 Å². The molecule has 5 heteroatoms. The molecule has 5 nitrogen and oxygen atoms in total. The second kappa shape index (κ2) is 8.05. The number of rotatable bonds is 6. The van der Waals surface area contributed by atoms with Gasteiger partial charge in [0.15, 0.2) is 6.10 Å². The Labute approximate surface area is 131 Å². The van der Waals surface area contributed by atoms with Crippen LogP contribution >= 0.6 is 0 Å². The average molecular weight is 299 g/mol. The summed E-state index contributed by atoms with van der Waals surface area (Å²) >= 11 is 0. The van der Waals surface area contributed by atoms with Crippen LogP contribution < -0.4 is 0 Å². The van der Waals surface area contributed by atoms with Gasteiger partial charge in [-0.05, 0) is 44.9 Å². The van der Waals surface area contributed by atoms with Gasteiger partial charge in [-0.15, -0.1) is 0 Å². The quantitative estimate of drug-likeness (QED) is 0.459. The molecule has 0 radical (unpaired) electrons. The smallest absolute Gasteiger partial charge is 0.350 e. The standard InChI is InChI=1S/C17H21N3O2/c1-5-6-7-20-12(2)8-15(14(20)4)9-16(11-19)17(21)22-13(3)10-18/h8-9,13H,5-7H2,1-4H3/b16-9+/t13-/m0/s1. The first-order chi connectivity index (χ1) is 10.4. The summed E-state index contributed by atoms with van der Waals surface area (Å²) in [6.45, 7) is 8.48. The first-order valence-electron chi connectivity index (χ1n) is 7.33. The minimum absolute atomic E-state index is 0.0992. The molecular weight excluding hydrogens is 278 g/mol. The molecule has 1 rings (SSSR count). The van der Waals surface area contributed by atoms with Crippen LogP contribution in [0.4, 0.5) is 0 Å². The zero-order chi connectivity index (χ0) is 16.7. The maximum atomic E-state index is 11.9. The van der Waals surface area contributed by atoms with Crippen molar-refractivity contribution in [3.05, 3.63) is 28.6 Å². The van der Waals surface area contributed by atoms with Crippen molar-refractivity contribution in [2.75, 3.05) is 0 Å². The number of carbonyl (C=O) groups excluding carboxylic acids is 1. The summed E-state index contributed by atoms with van der Waals surface area (Å²) in [5, 5.41) is 17.8. The number of ether oxygens (including phenoxy) is 1. The third-order valence-corrected chi connectivity index (χ3v) is 3.45. The summed E-state index contributed by atoms with van der Waals surface area (Å²) in [4.78, 5) is 11.9. The van der Waals surface area contributed by atoms with Gasteiger partial charge in [-0.3, -0.25) is 0 Å². The van der Waals surface area contributed by atoms with E-state index in [2.05, 4.69) is 11.5 Å². The predicted octanol–water partition coefficient (Wildman–Crippen LogP) is 3.27. The minimum Gasteiger partial charge on any atom is -0.443 e. The van der Waals surface area contributed by atoms with Crippen LogP contribution in [0.3, 0.4) is 0 Å². The zero-order valence-electron chi connectivity index (χ0n) is 13.5. The van der Waals surface area contributed by atoms with Crippen molar-refractivity contribution >= 4 is 12.0 Å². The van der Waals surface area contributed by atoms with Crippen molar-refractivity contribution in [1.82, 2.24) is 4.57 Å². The lowest BCUT2D eigenvalue weighted by Crippen LogP contribution is -2.14. The number of nitrogens with zero attached hydrogens (tertiary/aromatic N) is 3. The lowest BCUT2D eigenvalue weighted by molar-refractivity contribution is -0.140. The molecule has 1 atom stereocenters. The topological polar surface area (TPSA) is 78.8 Å². The summed E-state index contributed by atoms with van der Waals surface area (Å²) in [7, 11) is 0. The molecule has 1 aromatic heterocycles. The van der Waals surface area contributed by atoms with Gasteiger partial charge in [-0.1, -0.05) is 13.3 Å². The summed E-state index contributed by atoms with van der Waals surface area (Å²) < 4.78 is 7.04. The molecular formula is C17H21N3O2. The third kappa shape index (κ3) is 4.23. The van der Waals surface area contributed by atoms with E-state index in [0.29, 0.717) is 0 Å². The van der Waals surface area contributed by atoms with Gasteiger partial charge < -0.3 is 9.30 Å². The highest BCUT2D eigenvalue weighted by molar-refractivity contribution is 5.98. The molecule has 0 aromatic carbocycles. The van der Waals surface area contributed by atoms with Crippen LogP contribution in [-0.4, -0.2) is 16.6 Å². The Balaban J connectivity index is 3.07. The number of aromatic nitrogens is 1. The van der Waals surface area contributed by atoms with Gasteiger partial charge in [-0.2, -0.15) is 10.5 Å². The second-order valence-corrected chi connectivity index (χ2v) is 5.18. The summed E-state index contributed by atoms with van der Waals surface area (Å²) in [6.07, 6.45) is 2.83. The van der Waals surface area contributed by atoms with Crippen molar-refractivity contribution in [2.45, 2.75) is 53.2 Å². The van der Waals surface area contributed by atoms with Crippen LogP contribution in [-0.2, 0) is 16.1 Å². The minimum atomic E-state index is -0.874. The van der Waals surface area contributed by atoms with E-state index in [1.807, 2.05) is 26.0 Å². The molecule has 0 amide bonds. The molecule has 0 N–H and O–H groups in total. The largest absolute Gasteiger partial charge is 0.443 e. The van der Waals surface area contributed by atoms with Crippen LogP contribution in [0.25, 0.3) is 6.08 Å². The molecule has 116 valence electrons. The number of esters is 1. The summed E-state index contributed by atoms with van der Waals surface area (Å²) in [5.74, 6) is -0.769. The average Bonchev–Trinajstić information content (AvgIpc) is 2.76. The van der Waals surface area contributed by atoms with E-state index in [4.69, 9.17) is 15.3 Å². The first-order valence-corrected chi connectivity index (χ1v) is 7.33. The van der Waals surface area contributed by atoms with Crippen molar-refractivity contribution in [2.24, 2.45) is 0 Å². The fraction of sp³-hybridized carbons (Fsp3) is 0.471. The van der Waals surface area contributed by atoms with E-state index < -0.39 is 12.1 Å². The van der Waals surface area contributed by atoms with Crippen molar-refractivity contribution < 1.29 is 9.53 Å². The lowest BCUT2D eigenvalue weighted by Gasteiger charge is -2.08. The molecule has 22 heavy (non-hydrogen) atoms. The highest BCUT2D eigenvalue weighted by Gasteiger charge is 2.16. The maximum absolute atomic E-state index is 11.9. The van der Waals surface area contributed by atoms with Crippen molar-refractivity contribution in [3.8, 4) is 12.1 Å². The normalized spacial score (nSPS) is 12.4. The van der Waals surface area contributed by atoms with Crippen LogP contribution in [0.1, 0.15) is 43.6 Å². The molecule has 0 aliphatic carbocycles. The molecule has 0 saturated carbocycles. The molecule has 0 aliphatic rings. The number of aryl methyl sites for hydroxylation is 1. The van der Waals surface area contributed by atoms with E-state index in [-0.39, 0.29) is 5.57 Å². The van der Waals surface area contributed by atoms with E-state index in [0.717, 1.165) is 36.3 Å². The Kier molecular flexibility index (Phi) is 6.41. The van der Waals surface area contributed by atoms with Crippen molar-refractivity contribution in [3.63, 3.8) is 0 Å². The molecule has 0 spiro atoms. The second-order valence-electron chi connectivity index (χ2n) is 5.18. The van der Waals surface area contributed by atoms with Gasteiger partial charge in [0.1, 0.15) is 17.7 Å². The number of hydrogen-bond donors (Lipinski definition) is 0. The maximum Gasteiger partial charge on any atom is 0.350 e. The molecule has 0 fully saturated rings. The van der Waals surface area contributed by atoms with Crippen LogP contribution in [0.5, 0.6) is 0 Å². The zero-order valence-corrected chi connectivity index (χ0v) is 13.5. The van der Waals surface area contributed by atoms with E-state index in [9.17, 15) is 4.79 Å². The van der Waals surface area contributed by atoms with E-state index >= 15 is 0 Å². The van der Waals surface area contributed by atoms with Crippen molar-refractivity contribution in [1.29, 1.82) is 10.5 Å². The van der Waals surface area contributed by atoms with Gasteiger partial charge in [0, 0.05) is 17.9 Å². The highest BCUT2D eigenvalue weighted by atomic mass is 16.5. The SMILES string of the molecule is CCCCn1c(C)cc(/C=C(\C#N)C(=O)O[C@@H](C)C#N)c1C. The van der Waals surface area contributed by atoms with Gasteiger partial charge in [0.25, 0.3) is 0 Å². The molecule has 0 saturated heterocycles. The molecule has 1 heterocycles. The van der Waals surface area contributed by atoms with E-state index in [1.165, 1.54) is 13.0 Å². The van der Waals surface area contributed by atoms with Crippen LogP contribution in [0.15, 0.2) is 11.6 Å². The van der Waals surface area contributed by atoms with Crippen LogP contribution in [0.2, 0.25) is 0 Å². The Morgan fingerprint density at radius 1 is 1.45 bits per heavy atom. The third-order valence-electron chi connectivity index (χ3n) is 3.45. The van der Waals surface area contributed by atoms with E-state index in [1.54, 1.807) is 6.07 Å². The monoisotopic (exact) mass is 299 g/mol. The number of hydrogen-bond acceptors (Lipinski definition) is 4.